The van der Waals surface area contributed by atoms with Crippen molar-refractivity contribution in [1.82, 2.24) is 5.32 Å². The molecule has 0 aromatic heterocycles. The van der Waals surface area contributed by atoms with Gasteiger partial charge in [0.25, 0.3) is 0 Å². The Kier molecular flexibility index (Phi) is 4.32. The van der Waals surface area contributed by atoms with Gasteiger partial charge in [0, 0.05) is 12.1 Å². The Hall–Kier alpha value is -1.26. The van der Waals surface area contributed by atoms with Gasteiger partial charge in [-0.05, 0) is 38.0 Å². The van der Waals surface area contributed by atoms with Gasteiger partial charge >= 0.3 is 0 Å². The number of hydrogen-bond acceptors (Lipinski definition) is 4. The summed E-state index contributed by atoms with van der Waals surface area (Å²) in [7, 11) is 0. The average molecular weight is 265 g/mol. The highest BCUT2D eigenvalue weighted by Gasteiger charge is 2.23. The summed E-state index contributed by atoms with van der Waals surface area (Å²) in [6.07, 6.45) is 0.445. The van der Waals surface area contributed by atoms with Crippen molar-refractivity contribution in [3.63, 3.8) is 0 Å². The monoisotopic (exact) mass is 265 g/mol. The number of benzene rings is 1. The fourth-order valence-corrected chi connectivity index (χ4v) is 2.05. The molecule has 0 fully saturated rings. The lowest BCUT2D eigenvalue weighted by atomic mass is 9.93. The molecule has 1 unspecified atom stereocenters. The van der Waals surface area contributed by atoms with Gasteiger partial charge in [-0.2, -0.15) is 0 Å². The van der Waals surface area contributed by atoms with Gasteiger partial charge in [-0.25, -0.2) is 0 Å². The molecule has 1 heterocycles. The molecule has 1 aromatic carbocycles. The van der Waals surface area contributed by atoms with Gasteiger partial charge < -0.3 is 19.9 Å². The van der Waals surface area contributed by atoms with E-state index in [0.717, 1.165) is 23.5 Å². The maximum Gasteiger partial charge on any atom is 0.161 e. The van der Waals surface area contributed by atoms with E-state index in [4.69, 9.17) is 9.47 Å². The van der Waals surface area contributed by atoms with E-state index in [1.54, 1.807) is 0 Å². The molecule has 0 bridgehead atoms. The summed E-state index contributed by atoms with van der Waals surface area (Å²) < 4.78 is 11.1. The smallest absolute Gasteiger partial charge is 0.161 e. The first kappa shape index (κ1) is 14.2. The third-order valence-electron chi connectivity index (χ3n) is 3.51. The summed E-state index contributed by atoms with van der Waals surface area (Å²) in [5.41, 5.74) is 0.909. The Morgan fingerprint density at radius 3 is 2.63 bits per heavy atom. The van der Waals surface area contributed by atoms with Crippen molar-refractivity contribution in [2.24, 2.45) is 0 Å². The quantitative estimate of drug-likeness (QED) is 0.855. The van der Waals surface area contributed by atoms with Crippen LogP contribution in [0.3, 0.4) is 0 Å². The molecule has 2 rings (SSSR count). The van der Waals surface area contributed by atoms with E-state index in [0.29, 0.717) is 19.8 Å². The highest BCUT2D eigenvalue weighted by atomic mass is 16.6. The Morgan fingerprint density at radius 1 is 1.26 bits per heavy atom. The zero-order chi connectivity index (χ0) is 13.9. The molecule has 0 saturated carbocycles. The van der Waals surface area contributed by atoms with E-state index < -0.39 is 0 Å². The number of hydrogen-bond donors (Lipinski definition) is 2. The zero-order valence-electron chi connectivity index (χ0n) is 11.9. The molecule has 106 valence electrons. The van der Waals surface area contributed by atoms with Gasteiger partial charge in [0.1, 0.15) is 13.2 Å². The number of aliphatic hydroxyl groups is 1. The van der Waals surface area contributed by atoms with Crippen molar-refractivity contribution < 1.29 is 14.6 Å². The highest BCUT2D eigenvalue weighted by Crippen LogP contribution is 2.34. The summed E-state index contributed by atoms with van der Waals surface area (Å²) in [5.74, 6) is 1.61. The predicted molar refractivity (Wildman–Crippen MR) is 74.8 cm³/mol. The summed E-state index contributed by atoms with van der Waals surface area (Å²) in [6.45, 7) is 7.96. The minimum Gasteiger partial charge on any atom is -0.486 e. The first-order valence-electron chi connectivity index (χ1n) is 6.86. The zero-order valence-corrected chi connectivity index (χ0v) is 11.9. The number of rotatable bonds is 5. The van der Waals surface area contributed by atoms with Gasteiger partial charge in [-0.1, -0.05) is 13.0 Å². The van der Waals surface area contributed by atoms with E-state index >= 15 is 0 Å². The molecule has 4 nitrogen and oxygen atoms in total. The van der Waals surface area contributed by atoms with Crippen molar-refractivity contribution >= 4 is 0 Å². The first-order valence-corrected chi connectivity index (χ1v) is 6.86. The summed E-state index contributed by atoms with van der Waals surface area (Å²) in [5, 5.41) is 13.0. The molecule has 4 heteroatoms. The maximum absolute atomic E-state index is 9.65. The molecule has 0 spiro atoms. The van der Waals surface area contributed by atoms with Crippen molar-refractivity contribution in [3.8, 4) is 11.5 Å². The lowest BCUT2D eigenvalue weighted by Gasteiger charge is -2.29. The van der Waals surface area contributed by atoms with E-state index in [-0.39, 0.29) is 11.6 Å². The molecule has 2 N–H and O–H groups in total. The standard InChI is InChI=1S/C15H23NO3/c1-4-12(17)10-16-15(2,3)11-5-6-13-14(9-11)19-8-7-18-13/h5-6,9,12,16-17H,4,7-8,10H2,1-3H3. The highest BCUT2D eigenvalue weighted by molar-refractivity contribution is 5.45. The van der Waals surface area contributed by atoms with Crippen LogP contribution in [0, 0.1) is 0 Å². The molecule has 1 aromatic rings. The molecule has 0 saturated heterocycles. The molecular formula is C15H23NO3. The maximum atomic E-state index is 9.65. The number of fused-ring (bicyclic) bond motifs is 1. The lowest BCUT2D eigenvalue weighted by Crippen LogP contribution is -2.41. The lowest BCUT2D eigenvalue weighted by molar-refractivity contribution is 0.154. The second-order valence-corrected chi connectivity index (χ2v) is 5.43. The second-order valence-electron chi connectivity index (χ2n) is 5.43. The van der Waals surface area contributed by atoms with Crippen LogP contribution in [0.5, 0.6) is 11.5 Å². The SMILES string of the molecule is CCC(O)CNC(C)(C)c1ccc2c(c1)OCCO2. The molecule has 19 heavy (non-hydrogen) atoms. The van der Waals surface area contributed by atoms with E-state index in [1.165, 1.54) is 0 Å². The molecule has 1 aliphatic rings. The molecule has 1 atom stereocenters. The molecular weight excluding hydrogens is 242 g/mol. The van der Waals surface area contributed by atoms with Crippen LogP contribution < -0.4 is 14.8 Å². The van der Waals surface area contributed by atoms with Gasteiger partial charge in [-0.15, -0.1) is 0 Å². The summed E-state index contributed by atoms with van der Waals surface area (Å²) in [6, 6.07) is 6.00. The van der Waals surface area contributed by atoms with Crippen LogP contribution in [0.1, 0.15) is 32.8 Å². The van der Waals surface area contributed by atoms with Crippen molar-refractivity contribution in [1.29, 1.82) is 0 Å². The van der Waals surface area contributed by atoms with Gasteiger partial charge in [0.2, 0.25) is 0 Å². The summed E-state index contributed by atoms with van der Waals surface area (Å²) >= 11 is 0. The van der Waals surface area contributed by atoms with Gasteiger partial charge in [-0.3, -0.25) is 0 Å². The van der Waals surface area contributed by atoms with Gasteiger partial charge in [0.15, 0.2) is 11.5 Å². The number of nitrogens with one attached hydrogen (secondary N) is 1. The van der Waals surface area contributed by atoms with Crippen molar-refractivity contribution in [3.05, 3.63) is 23.8 Å². The van der Waals surface area contributed by atoms with Crippen molar-refractivity contribution in [2.75, 3.05) is 19.8 Å². The minimum atomic E-state index is -0.309. The third kappa shape index (κ3) is 3.39. The number of ether oxygens (including phenoxy) is 2. The van der Waals surface area contributed by atoms with E-state index in [1.807, 2.05) is 25.1 Å². The first-order chi connectivity index (χ1) is 9.03. The average Bonchev–Trinajstić information content (AvgIpc) is 2.44. The molecule has 0 amide bonds. The fraction of sp³-hybridized carbons (Fsp3) is 0.600. The Bertz CT molecular complexity index is 431. The third-order valence-corrected chi connectivity index (χ3v) is 3.51. The van der Waals surface area contributed by atoms with E-state index in [2.05, 4.69) is 19.2 Å². The molecule has 1 aliphatic heterocycles. The topological polar surface area (TPSA) is 50.7 Å². The van der Waals surface area contributed by atoms with Gasteiger partial charge in [0.05, 0.1) is 6.10 Å². The number of aliphatic hydroxyl groups excluding tert-OH is 1. The molecule has 0 aliphatic carbocycles. The van der Waals surface area contributed by atoms with Crippen LogP contribution in [0.4, 0.5) is 0 Å². The normalized spacial score (nSPS) is 16.2. The van der Waals surface area contributed by atoms with Crippen molar-refractivity contribution in [2.45, 2.75) is 38.8 Å². The predicted octanol–water partition coefficient (Wildman–Crippen LogP) is 2.05. The summed E-state index contributed by atoms with van der Waals surface area (Å²) in [4.78, 5) is 0. The van der Waals surface area contributed by atoms with Crippen LogP contribution in [-0.4, -0.2) is 31.0 Å². The minimum absolute atomic E-state index is 0.216. The largest absolute Gasteiger partial charge is 0.486 e. The Balaban J connectivity index is 2.11. The van der Waals surface area contributed by atoms with Crippen LogP contribution in [-0.2, 0) is 5.54 Å². The van der Waals surface area contributed by atoms with E-state index in [9.17, 15) is 5.11 Å². The van der Waals surface area contributed by atoms with Crippen LogP contribution in [0.25, 0.3) is 0 Å². The van der Waals surface area contributed by atoms with Crippen LogP contribution in [0.2, 0.25) is 0 Å². The van der Waals surface area contributed by atoms with Crippen LogP contribution in [0.15, 0.2) is 18.2 Å². The molecule has 0 radical (unpaired) electrons. The Morgan fingerprint density at radius 2 is 1.95 bits per heavy atom. The van der Waals surface area contributed by atoms with Crippen LogP contribution >= 0.6 is 0 Å². The Labute approximate surface area is 114 Å². The fourth-order valence-electron chi connectivity index (χ4n) is 2.05. The second kappa shape index (κ2) is 5.80.